The van der Waals surface area contributed by atoms with Crippen molar-refractivity contribution in [2.24, 2.45) is 5.11 Å². The quantitative estimate of drug-likeness (QED) is 0.0198. The molecule has 1 aromatic carbocycles. The lowest BCUT2D eigenvalue weighted by Crippen LogP contribution is -2.33. The third kappa shape index (κ3) is 21.4. The van der Waals surface area contributed by atoms with Crippen molar-refractivity contribution in [1.82, 2.24) is 49.9 Å². The standard InChI is InChI=1S/C41H61N13O13/c42-47-43-5-10-57-15-20-62-23-26-65-32-36-30-52(49-45-36)7-12-59-18-22-64-25-28-67-34-37-31-53(50-46-37)8-13-60-19-21-63-24-27-66-33-35-29-51(48-44-35)6-11-58-16-17-61-14-9-54-40(55)38-3-1-2-4-39(38)41(54)56/h1-4,29-31H,5-28,32-34H2. The van der Waals surface area contributed by atoms with Crippen LogP contribution in [0.15, 0.2) is 48.0 Å². The highest BCUT2D eigenvalue weighted by atomic mass is 16.6. The number of carbonyl (C=O) groups is 2. The summed E-state index contributed by atoms with van der Waals surface area (Å²) in [5.41, 5.74) is 11.2. The number of nitrogens with zero attached hydrogens (tertiary/aromatic N) is 13. The fourth-order valence-electron chi connectivity index (χ4n) is 5.94. The predicted octanol–water partition coefficient (Wildman–Crippen LogP) is 1.15. The summed E-state index contributed by atoms with van der Waals surface area (Å²) in [5, 5.41) is 28.0. The van der Waals surface area contributed by atoms with Gasteiger partial charge in [0.1, 0.15) is 17.1 Å². The van der Waals surface area contributed by atoms with Crippen LogP contribution in [0, 0.1) is 0 Å². The smallest absolute Gasteiger partial charge is 0.261 e. The van der Waals surface area contributed by atoms with E-state index in [0.717, 1.165) is 11.4 Å². The first-order valence-corrected chi connectivity index (χ1v) is 22.1. The van der Waals surface area contributed by atoms with E-state index < -0.39 is 0 Å². The molecule has 5 rings (SSSR count). The molecule has 26 nitrogen and oxygen atoms in total. The molecular formula is C41H61N13O13. The van der Waals surface area contributed by atoms with Gasteiger partial charge in [-0.3, -0.25) is 14.5 Å². The first kappa shape index (κ1) is 52.6. The van der Waals surface area contributed by atoms with E-state index in [1.807, 2.05) is 12.4 Å². The number of benzene rings is 1. The molecule has 0 saturated heterocycles. The van der Waals surface area contributed by atoms with Gasteiger partial charge in [-0.25, -0.2) is 14.0 Å². The zero-order valence-corrected chi connectivity index (χ0v) is 37.8. The highest BCUT2D eigenvalue weighted by Crippen LogP contribution is 2.21. The Morgan fingerprint density at radius 2 is 0.746 bits per heavy atom. The number of aromatic nitrogens is 9. The third-order valence-corrected chi connectivity index (χ3v) is 9.24. The molecule has 1 aliphatic rings. The highest BCUT2D eigenvalue weighted by Gasteiger charge is 2.34. The summed E-state index contributed by atoms with van der Waals surface area (Å²) in [7, 11) is 0. The number of ether oxygens (including phenoxy) is 11. The van der Waals surface area contributed by atoms with E-state index in [0.29, 0.717) is 182 Å². The SMILES string of the molecule is [N-]=[N+]=NCCOCCOCCOCc1cn(CCOCCOCCOCc2cn(CCOCCOCCOCc3cn(CCOCCOCCN4C(=O)c5ccccc5C4=O)nn3)nn2)nn1. The Hall–Kier alpha value is -5.35. The number of hydrogen-bond acceptors (Lipinski definition) is 20. The van der Waals surface area contributed by atoms with Gasteiger partial charge in [-0.1, -0.05) is 32.9 Å². The molecule has 26 heteroatoms. The van der Waals surface area contributed by atoms with Crippen molar-refractivity contribution in [3.63, 3.8) is 0 Å². The minimum atomic E-state index is -0.290. The van der Waals surface area contributed by atoms with Crippen molar-refractivity contribution in [1.29, 1.82) is 0 Å². The monoisotopic (exact) mass is 943 g/mol. The summed E-state index contributed by atoms with van der Waals surface area (Å²) >= 11 is 0. The fraction of sp³-hybridized carbons (Fsp3) is 0.659. The van der Waals surface area contributed by atoms with Crippen LogP contribution >= 0.6 is 0 Å². The summed E-state index contributed by atoms with van der Waals surface area (Å²) in [6, 6.07) is 6.80. The molecule has 67 heavy (non-hydrogen) atoms. The average Bonchev–Trinajstić information content (AvgIpc) is 4.16. The molecular weight excluding hydrogens is 883 g/mol. The van der Waals surface area contributed by atoms with Crippen LogP contribution in [-0.4, -0.2) is 200 Å². The predicted molar refractivity (Wildman–Crippen MR) is 231 cm³/mol. The lowest BCUT2D eigenvalue weighted by Gasteiger charge is -2.13. The molecule has 368 valence electrons. The number of rotatable bonds is 42. The zero-order valence-electron chi connectivity index (χ0n) is 37.8. The summed E-state index contributed by atoms with van der Waals surface area (Å²) in [6.07, 6.45) is 5.44. The van der Waals surface area contributed by atoms with Crippen molar-refractivity contribution >= 4 is 11.8 Å². The Morgan fingerprint density at radius 3 is 1.10 bits per heavy atom. The molecule has 0 N–H and O–H groups in total. The number of carbonyl (C=O) groups excluding carboxylic acids is 2. The van der Waals surface area contributed by atoms with Gasteiger partial charge in [-0.2, -0.15) is 0 Å². The van der Waals surface area contributed by atoms with Crippen LogP contribution in [0.1, 0.15) is 37.8 Å². The highest BCUT2D eigenvalue weighted by molar-refractivity contribution is 6.21. The number of amides is 2. The topological polar surface area (TPSA) is 280 Å². The van der Waals surface area contributed by atoms with E-state index in [9.17, 15) is 9.59 Å². The van der Waals surface area contributed by atoms with Crippen LogP contribution in [-0.2, 0) is 91.6 Å². The number of azide groups is 1. The van der Waals surface area contributed by atoms with Gasteiger partial charge in [0.2, 0.25) is 0 Å². The maximum Gasteiger partial charge on any atom is 0.261 e. The summed E-state index contributed by atoms with van der Waals surface area (Å²) in [4.78, 5) is 28.7. The molecule has 2 amide bonds. The van der Waals surface area contributed by atoms with Crippen molar-refractivity contribution in [2.75, 3.05) is 139 Å². The largest absolute Gasteiger partial charge is 0.379 e. The molecule has 0 fully saturated rings. The summed E-state index contributed by atoms with van der Waals surface area (Å²) in [5.74, 6) is -0.581. The van der Waals surface area contributed by atoms with E-state index >= 15 is 0 Å². The lowest BCUT2D eigenvalue weighted by atomic mass is 10.1. The molecule has 0 aliphatic carbocycles. The van der Waals surface area contributed by atoms with E-state index in [-0.39, 0.29) is 25.0 Å². The molecule has 1 aliphatic heterocycles. The summed E-state index contributed by atoms with van der Waals surface area (Å²) in [6.45, 7) is 10.9. The van der Waals surface area contributed by atoms with Gasteiger partial charge in [-0.15, -0.1) is 15.3 Å². The van der Waals surface area contributed by atoms with Gasteiger partial charge < -0.3 is 52.1 Å². The number of hydrogen-bond donors (Lipinski definition) is 0. The van der Waals surface area contributed by atoms with Crippen molar-refractivity contribution in [3.05, 3.63) is 81.5 Å². The molecule has 4 heterocycles. The van der Waals surface area contributed by atoms with Crippen LogP contribution in [0.25, 0.3) is 10.4 Å². The second-order valence-electron chi connectivity index (χ2n) is 14.2. The Labute approximate surface area is 387 Å². The fourth-order valence-corrected chi connectivity index (χ4v) is 5.94. The molecule has 4 aromatic rings. The Morgan fingerprint density at radius 1 is 0.433 bits per heavy atom. The average molecular weight is 944 g/mol. The number of fused-ring (bicyclic) bond motifs is 1. The van der Waals surface area contributed by atoms with Crippen LogP contribution in [0.4, 0.5) is 0 Å². The van der Waals surface area contributed by atoms with Gasteiger partial charge in [0.25, 0.3) is 11.8 Å². The van der Waals surface area contributed by atoms with Gasteiger partial charge >= 0.3 is 0 Å². The maximum atomic E-state index is 12.4. The van der Waals surface area contributed by atoms with Crippen molar-refractivity contribution in [2.45, 2.75) is 39.5 Å². The zero-order chi connectivity index (χ0) is 46.8. The first-order chi connectivity index (χ1) is 33.1. The van der Waals surface area contributed by atoms with E-state index in [1.54, 1.807) is 44.5 Å². The van der Waals surface area contributed by atoms with E-state index in [1.165, 1.54) is 4.90 Å². The van der Waals surface area contributed by atoms with Gasteiger partial charge in [0.05, 0.1) is 201 Å². The minimum Gasteiger partial charge on any atom is -0.379 e. The van der Waals surface area contributed by atoms with Crippen molar-refractivity contribution in [3.8, 4) is 0 Å². The molecule has 3 aromatic heterocycles. The summed E-state index contributed by atoms with van der Waals surface area (Å²) < 4.78 is 66.2. The normalized spacial score (nSPS) is 12.4. The van der Waals surface area contributed by atoms with E-state index in [2.05, 4.69) is 41.0 Å². The number of imide groups is 1. The van der Waals surface area contributed by atoms with Crippen LogP contribution < -0.4 is 0 Å². The van der Waals surface area contributed by atoms with Crippen LogP contribution in [0.5, 0.6) is 0 Å². The van der Waals surface area contributed by atoms with Gasteiger partial charge in [-0.05, 0) is 17.7 Å². The van der Waals surface area contributed by atoms with Gasteiger partial charge in [0.15, 0.2) is 0 Å². The molecule has 0 saturated carbocycles. The van der Waals surface area contributed by atoms with E-state index in [4.69, 9.17) is 57.6 Å². The van der Waals surface area contributed by atoms with Crippen LogP contribution in [0.2, 0.25) is 0 Å². The Balaban J connectivity index is 0.729. The van der Waals surface area contributed by atoms with Crippen molar-refractivity contribution < 1.29 is 61.7 Å². The second-order valence-corrected chi connectivity index (χ2v) is 14.2. The van der Waals surface area contributed by atoms with Gasteiger partial charge in [0, 0.05) is 11.5 Å². The Bertz CT molecular complexity index is 1980. The van der Waals surface area contributed by atoms with Crippen LogP contribution in [0.3, 0.4) is 0 Å². The molecule has 0 radical (unpaired) electrons. The maximum absolute atomic E-state index is 12.4. The lowest BCUT2D eigenvalue weighted by molar-refractivity contribution is 0.00815. The molecule has 0 atom stereocenters. The Kier molecular flexibility index (Phi) is 26.1. The molecule has 0 spiro atoms. The molecule has 0 bridgehead atoms. The second kappa shape index (κ2) is 33.2. The first-order valence-electron chi connectivity index (χ1n) is 22.1. The third-order valence-electron chi connectivity index (χ3n) is 9.24. The molecule has 0 unspecified atom stereocenters. The minimum absolute atomic E-state index is 0.194.